The van der Waals surface area contributed by atoms with Crippen LogP contribution in [-0.2, 0) is 16.1 Å². The predicted molar refractivity (Wildman–Crippen MR) is 107 cm³/mol. The van der Waals surface area contributed by atoms with Gasteiger partial charge in [-0.25, -0.2) is 13.9 Å². The molecule has 0 spiro atoms. The van der Waals surface area contributed by atoms with Gasteiger partial charge in [-0.1, -0.05) is 18.3 Å². The van der Waals surface area contributed by atoms with E-state index in [9.17, 15) is 9.59 Å². The number of fused-ring (bicyclic) bond motifs is 3. The highest BCUT2D eigenvalue weighted by Gasteiger charge is 2.53. The Morgan fingerprint density at radius 1 is 1.17 bits per heavy atom. The van der Waals surface area contributed by atoms with E-state index in [2.05, 4.69) is 23.3 Å². The van der Waals surface area contributed by atoms with Gasteiger partial charge in [0.25, 0.3) is 5.91 Å². The summed E-state index contributed by atoms with van der Waals surface area (Å²) < 4.78 is 9.62. The van der Waals surface area contributed by atoms with Gasteiger partial charge in [-0.05, 0) is 20.3 Å². The van der Waals surface area contributed by atoms with Crippen LogP contribution in [-0.4, -0.2) is 83.5 Å². The van der Waals surface area contributed by atoms with Crippen molar-refractivity contribution >= 4 is 23.7 Å². The first-order valence-electron chi connectivity index (χ1n) is 10.5. The van der Waals surface area contributed by atoms with Crippen LogP contribution in [0.2, 0.25) is 0 Å². The molecular weight excluding hydrogens is 372 g/mol. The lowest BCUT2D eigenvalue weighted by molar-refractivity contribution is -0.688. The first kappa shape index (κ1) is 20.0. The van der Waals surface area contributed by atoms with E-state index in [4.69, 9.17) is 9.73 Å². The van der Waals surface area contributed by atoms with Gasteiger partial charge in [-0.3, -0.25) is 19.5 Å². The number of carbonyl (C=O) groups is 2. The zero-order chi connectivity index (χ0) is 20.7. The van der Waals surface area contributed by atoms with E-state index in [1.807, 2.05) is 11.5 Å². The normalized spacial score (nSPS) is 22.2. The van der Waals surface area contributed by atoms with Crippen LogP contribution in [0, 0.1) is 13.8 Å². The monoisotopic (exact) mass is 403 g/mol. The molecule has 29 heavy (non-hydrogen) atoms. The van der Waals surface area contributed by atoms with E-state index in [1.165, 1.54) is 9.80 Å². The molecular formula is C20H31N6O3+. The van der Waals surface area contributed by atoms with E-state index in [-0.39, 0.29) is 11.9 Å². The molecule has 1 unspecified atom stereocenters. The fourth-order valence-electron chi connectivity index (χ4n) is 4.36. The smallest absolute Gasteiger partial charge is 0.379 e. The number of aliphatic imine (C=N–C) groups is 1. The van der Waals surface area contributed by atoms with Gasteiger partial charge in [0.05, 0.1) is 19.8 Å². The second kappa shape index (κ2) is 7.87. The van der Waals surface area contributed by atoms with Gasteiger partial charge in [-0.15, -0.1) is 0 Å². The topological polar surface area (TPSA) is 74.3 Å². The lowest BCUT2D eigenvalue weighted by Crippen LogP contribution is -2.57. The summed E-state index contributed by atoms with van der Waals surface area (Å²) in [5.74, 6) is 1.13. The molecule has 0 radical (unpaired) electrons. The number of nitrogens with zero attached hydrogens (tertiary/aromatic N) is 6. The molecule has 3 aliphatic heterocycles. The quantitative estimate of drug-likeness (QED) is 0.665. The van der Waals surface area contributed by atoms with Crippen molar-refractivity contribution in [2.45, 2.75) is 46.2 Å². The van der Waals surface area contributed by atoms with Gasteiger partial charge in [0.15, 0.2) is 0 Å². The van der Waals surface area contributed by atoms with Crippen LogP contribution in [0.25, 0.3) is 0 Å². The molecule has 1 aromatic rings. The minimum atomic E-state index is -0.548. The molecule has 1 atom stereocenters. The summed E-state index contributed by atoms with van der Waals surface area (Å²) in [5, 5.41) is 0. The summed E-state index contributed by atoms with van der Waals surface area (Å²) in [7, 11) is 1.71. The highest BCUT2D eigenvalue weighted by atomic mass is 16.5. The van der Waals surface area contributed by atoms with Crippen molar-refractivity contribution in [2.24, 2.45) is 4.99 Å². The van der Waals surface area contributed by atoms with Crippen LogP contribution in [0.15, 0.2) is 4.99 Å². The number of carbonyl (C=O) groups excluding carboxylic acids is 2. The number of morpholine rings is 1. The number of likely N-dealkylation sites (N-methyl/N-ethyl adjacent to an activating group) is 1. The Bertz CT molecular complexity index is 855. The van der Waals surface area contributed by atoms with Gasteiger partial charge < -0.3 is 4.74 Å². The second-order valence-electron chi connectivity index (χ2n) is 8.00. The third-order valence-corrected chi connectivity index (χ3v) is 6.30. The molecule has 0 bridgehead atoms. The minimum absolute atomic E-state index is 0.169. The van der Waals surface area contributed by atoms with Crippen molar-refractivity contribution < 1.29 is 18.9 Å². The number of aromatic nitrogens is 2. The zero-order valence-electron chi connectivity index (χ0n) is 17.8. The number of amides is 3. The molecule has 9 nitrogen and oxygen atoms in total. The number of ether oxygens (including phenoxy) is 1. The SMILES string of the molecule is CCCCN1C(=O)C2C(=Nc3n2c(C)c(C)[n+]3CCN2CCOCC2)N(C)C1=O. The van der Waals surface area contributed by atoms with Crippen molar-refractivity contribution in [1.82, 2.24) is 19.3 Å². The lowest BCUT2D eigenvalue weighted by Gasteiger charge is -2.33. The molecule has 158 valence electrons. The second-order valence-corrected chi connectivity index (χ2v) is 8.00. The first-order valence-corrected chi connectivity index (χ1v) is 10.5. The summed E-state index contributed by atoms with van der Waals surface area (Å²) in [4.78, 5) is 36.1. The molecule has 3 aliphatic rings. The van der Waals surface area contributed by atoms with Gasteiger partial charge in [-0.2, -0.15) is 0 Å². The number of rotatable bonds is 6. The van der Waals surface area contributed by atoms with Gasteiger partial charge in [0.1, 0.15) is 11.4 Å². The van der Waals surface area contributed by atoms with Crippen LogP contribution in [0.3, 0.4) is 0 Å². The van der Waals surface area contributed by atoms with Crippen LogP contribution in [0.5, 0.6) is 0 Å². The molecule has 9 heteroatoms. The third-order valence-electron chi connectivity index (χ3n) is 6.30. The number of imidazole rings is 1. The maximum atomic E-state index is 13.3. The highest BCUT2D eigenvalue weighted by molar-refractivity contribution is 6.20. The van der Waals surface area contributed by atoms with E-state index in [0.717, 1.165) is 69.6 Å². The van der Waals surface area contributed by atoms with Gasteiger partial charge >= 0.3 is 12.0 Å². The van der Waals surface area contributed by atoms with Crippen LogP contribution >= 0.6 is 0 Å². The maximum absolute atomic E-state index is 13.3. The molecule has 2 saturated heterocycles. The van der Waals surface area contributed by atoms with E-state index >= 15 is 0 Å². The summed E-state index contributed by atoms with van der Waals surface area (Å²) in [6, 6.07) is -0.827. The van der Waals surface area contributed by atoms with Crippen molar-refractivity contribution in [3.8, 4) is 0 Å². The molecule has 4 rings (SSSR count). The van der Waals surface area contributed by atoms with Crippen molar-refractivity contribution in [2.75, 3.05) is 46.4 Å². The van der Waals surface area contributed by atoms with Crippen molar-refractivity contribution in [1.29, 1.82) is 0 Å². The van der Waals surface area contributed by atoms with Crippen LogP contribution in [0.4, 0.5) is 10.7 Å². The zero-order valence-corrected chi connectivity index (χ0v) is 17.8. The summed E-state index contributed by atoms with van der Waals surface area (Å²) >= 11 is 0. The Labute approximate surface area is 171 Å². The van der Waals surface area contributed by atoms with Gasteiger partial charge in [0, 0.05) is 33.2 Å². The van der Waals surface area contributed by atoms with E-state index < -0.39 is 6.04 Å². The molecule has 2 fully saturated rings. The largest absolute Gasteiger partial charge is 0.402 e. The Morgan fingerprint density at radius 2 is 1.90 bits per heavy atom. The average Bonchev–Trinajstić information content (AvgIpc) is 3.22. The first-order chi connectivity index (χ1) is 14.0. The Kier molecular flexibility index (Phi) is 5.44. The summed E-state index contributed by atoms with van der Waals surface area (Å²) in [6.45, 7) is 11.7. The molecule has 0 aromatic carbocycles. The standard InChI is InChI=1S/C20H31N6O3/c1-5-6-7-25-18(27)16-17(22(4)20(25)28)21-19-24(14(2)15(3)26(16)19)9-8-23-10-12-29-13-11-23/h16H,5-13H2,1-4H3/q+1. The maximum Gasteiger partial charge on any atom is 0.402 e. The Morgan fingerprint density at radius 3 is 2.59 bits per heavy atom. The van der Waals surface area contributed by atoms with Crippen LogP contribution < -0.4 is 4.57 Å². The molecule has 0 N–H and O–H groups in total. The van der Waals surface area contributed by atoms with Crippen molar-refractivity contribution in [3.05, 3.63) is 11.4 Å². The Balaban J connectivity index is 1.64. The fourth-order valence-corrected chi connectivity index (χ4v) is 4.36. The number of hydrogen-bond donors (Lipinski definition) is 0. The highest BCUT2D eigenvalue weighted by Crippen LogP contribution is 2.35. The van der Waals surface area contributed by atoms with Crippen LogP contribution in [0.1, 0.15) is 37.2 Å². The van der Waals surface area contributed by atoms with Crippen molar-refractivity contribution in [3.63, 3.8) is 0 Å². The summed E-state index contributed by atoms with van der Waals surface area (Å²) in [5.41, 5.74) is 2.14. The lowest BCUT2D eigenvalue weighted by atomic mass is 10.1. The Hall–Kier alpha value is -2.26. The molecule has 0 saturated carbocycles. The minimum Gasteiger partial charge on any atom is -0.379 e. The number of amidine groups is 1. The molecule has 0 aliphatic carbocycles. The van der Waals surface area contributed by atoms with Gasteiger partial charge in [0.2, 0.25) is 11.9 Å². The molecule has 1 aromatic heterocycles. The number of imide groups is 1. The van der Waals surface area contributed by atoms with E-state index in [0.29, 0.717) is 12.4 Å². The summed E-state index contributed by atoms with van der Waals surface area (Å²) in [6.07, 6.45) is 1.74. The third kappa shape index (κ3) is 3.26. The fraction of sp³-hybridized carbons (Fsp3) is 0.700. The van der Waals surface area contributed by atoms with E-state index in [1.54, 1.807) is 7.05 Å². The molecule has 4 heterocycles. The predicted octanol–water partition coefficient (Wildman–Crippen LogP) is 1.00. The number of urea groups is 1. The average molecular weight is 404 g/mol. The number of hydrogen-bond acceptors (Lipinski definition) is 5. The molecule has 3 amide bonds. The number of unbranched alkanes of at least 4 members (excludes halogenated alkanes) is 1.